The monoisotopic (exact) mass is 810 g/mol. The maximum Gasteiger partial charge on any atom is 0.407 e. The van der Waals surface area contributed by atoms with E-state index in [1.54, 1.807) is 0 Å². The number of rotatable bonds is 10. The second-order valence-corrected chi connectivity index (χ2v) is 18.1. The van der Waals surface area contributed by atoms with Gasteiger partial charge in [0, 0.05) is 30.6 Å². The fraction of sp³-hybridized carbons (Fsp3) is 0.479. The van der Waals surface area contributed by atoms with Gasteiger partial charge in [-0.2, -0.15) is 0 Å². The summed E-state index contributed by atoms with van der Waals surface area (Å²) in [7, 11) is 1.32. The van der Waals surface area contributed by atoms with E-state index < -0.39 is 18.2 Å². The van der Waals surface area contributed by atoms with Gasteiger partial charge in [-0.25, -0.2) is 14.8 Å². The zero-order valence-electron chi connectivity index (χ0n) is 35.5. The highest BCUT2D eigenvalue weighted by molar-refractivity contribution is 5.89. The summed E-state index contributed by atoms with van der Waals surface area (Å²) in [5.41, 5.74) is 18.4. The number of hydrogen-bond acceptors (Lipinski definition) is 7. The van der Waals surface area contributed by atoms with Crippen LogP contribution in [0.15, 0.2) is 54.7 Å². The van der Waals surface area contributed by atoms with E-state index in [2.05, 4.69) is 69.9 Å². The number of nitrogens with zero attached hydrogens (tertiary/aromatic N) is 4. The maximum absolute atomic E-state index is 13.8. The van der Waals surface area contributed by atoms with E-state index >= 15 is 0 Å². The summed E-state index contributed by atoms with van der Waals surface area (Å²) >= 11 is 0. The number of ether oxygens (including phenoxy) is 1. The minimum Gasteiger partial charge on any atom is -0.453 e. The molecule has 6 aliphatic rings. The molecule has 2 saturated heterocycles. The van der Waals surface area contributed by atoms with Crippen LogP contribution >= 0.6 is 0 Å². The molecular formula is C48H58N8O4. The SMILES string of the molecule is COC(=O)NC(C(=O)N1CCCC1c1nc2c([nH]1)CCC(c1ccc(-c3ccc(-c4cnc(C5CCCN5C(=O)C(N)C(C)C)[nH]4)cc3)c3c1C1C=CC3CC1)=C2)C(C)C. The van der Waals surface area contributed by atoms with Crippen molar-refractivity contribution in [3.63, 3.8) is 0 Å². The highest BCUT2D eigenvalue weighted by atomic mass is 16.5. The molecule has 2 aromatic carbocycles. The smallest absolute Gasteiger partial charge is 0.407 e. The normalized spacial score (nSPS) is 22.8. The predicted molar refractivity (Wildman–Crippen MR) is 232 cm³/mol. The van der Waals surface area contributed by atoms with Gasteiger partial charge in [-0.15, -0.1) is 0 Å². The lowest BCUT2D eigenvalue weighted by Crippen LogP contribution is -2.51. The van der Waals surface area contributed by atoms with Crippen LogP contribution in [0.1, 0.15) is 136 Å². The van der Waals surface area contributed by atoms with Gasteiger partial charge in [0.25, 0.3) is 0 Å². The Morgan fingerprint density at radius 1 is 0.783 bits per heavy atom. The largest absolute Gasteiger partial charge is 0.453 e. The maximum atomic E-state index is 13.8. The molecule has 2 fully saturated rings. The summed E-state index contributed by atoms with van der Waals surface area (Å²) in [4.78, 5) is 59.9. The molecule has 10 rings (SSSR count). The third-order valence-electron chi connectivity index (χ3n) is 13.7. The van der Waals surface area contributed by atoms with Gasteiger partial charge in [0.2, 0.25) is 11.8 Å². The van der Waals surface area contributed by atoms with Crippen molar-refractivity contribution in [2.45, 2.75) is 115 Å². The van der Waals surface area contributed by atoms with Crippen LogP contribution in [0.5, 0.6) is 0 Å². The van der Waals surface area contributed by atoms with Crippen LogP contribution in [0.4, 0.5) is 4.79 Å². The van der Waals surface area contributed by atoms with Crippen molar-refractivity contribution in [3.8, 4) is 22.4 Å². The highest BCUT2D eigenvalue weighted by Crippen LogP contribution is 2.52. The molecule has 2 bridgehead atoms. The van der Waals surface area contributed by atoms with Gasteiger partial charge in [0.1, 0.15) is 17.7 Å². The summed E-state index contributed by atoms with van der Waals surface area (Å²) in [5, 5.41) is 2.75. The van der Waals surface area contributed by atoms with E-state index in [0.29, 0.717) is 24.9 Å². The Morgan fingerprint density at radius 3 is 2.07 bits per heavy atom. The number of aryl methyl sites for hydroxylation is 1. The third kappa shape index (κ3) is 7.16. The van der Waals surface area contributed by atoms with E-state index in [9.17, 15) is 14.4 Å². The summed E-state index contributed by atoms with van der Waals surface area (Å²) in [6, 6.07) is 12.0. The van der Waals surface area contributed by atoms with Crippen molar-refractivity contribution in [2.75, 3.05) is 20.2 Å². The first-order chi connectivity index (χ1) is 29.0. The molecule has 6 unspecified atom stereocenters. The Labute approximate surface area is 352 Å². The number of carbonyl (C=O) groups is 3. The second kappa shape index (κ2) is 16.2. The first kappa shape index (κ1) is 39.9. The van der Waals surface area contributed by atoms with E-state index in [1.165, 1.54) is 40.5 Å². The minimum atomic E-state index is -0.669. The molecule has 12 nitrogen and oxygen atoms in total. The molecule has 0 spiro atoms. The van der Waals surface area contributed by atoms with E-state index in [0.717, 1.165) is 85.7 Å². The molecule has 4 aliphatic carbocycles. The molecule has 4 heterocycles. The van der Waals surface area contributed by atoms with Gasteiger partial charge in [-0.05, 0) is 108 Å². The quantitative estimate of drug-likeness (QED) is 0.118. The Morgan fingerprint density at radius 2 is 1.42 bits per heavy atom. The standard InChI is InChI=1S/C48H58N8O4/c1-26(2)42(49)46(57)55-22-6-8-38(55)44-50-25-37(53-44)29-12-10-28(11-13-29)33-19-20-34(41-31-16-14-30(15-17-31)40(33)41)32-18-21-35-36(24-32)52-45(51-35)39-9-7-23-56(39)47(58)43(27(3)4)54-48(59)60-5/h10-14,16,19-20,24-27,30-31,38-39,42-43H,6-9,15,17-18,21-23,49H2,1-5H3,(H,50,53)(H,51,52)(H,54,59). The number of fused-ring (bicyclic) bond motifs is 2. The van der Waals surface area contributed by atoms with Crippen LogP contribution in [0.3, 0.4) is 0 Å². The number of H-pyrrole nitrogens is 2. The van der Waals surface area contributed by atoms with Gasteiger partial charge in [0.05, 0.1) is 42.8 Å². The average Bonchev–Trinajstić information content (AvgIpc) is 4.11. The van der Waals surface area contributed by atoms with Crippen molar-refractivity contribution in [2.24, 2.45) is 17.6 Å². The van der Waals surface area contributed by atoms with Gasteiger partial charge >= 0.3 is 6.09 Å². The summed E-state index contributed by atoms with van der Waals surface area (Å²) in [5.74, 6) is 2.29. The molecule has 60 heavy (non-hydrogen) atoms. The summed E-state index contributed by atoms with van der Waals surface area (Å²) < 4.78 is 4.82. The molecule has 6 atom stereocenters. The third-order valence-corrected chi connectivity index (χ3v) is 13.7. The van der Waals surface area contributed by atoms with Crippen molar-refractivity contribution in [3.05, 3.63) is 94.5 Å². The fourth-order valence-electron chi connectivity index (χ4n) is 10.4. The molecule has 4 aromatic rings. The van der Waals surface area contributed by atoms with E-state index in [-0.39, 0.29) is 35.7 Å². The van der Waals surface area contributed by atoms with Gasteiger partial charge in [-0.3, -0.25) is 9.59 Å². The van der Waals surface area contributed by atoms with Crippen LogP contribution < -0.4 is 11.1 Å². The van der Waals surface area contributed by atoms with Crippen molar-refractivity contribution >= 4 is 29.6 Å². The summed E-state index contributed by atoms with van der Waals surface area (Å²) in [6.45, 7) is 9.18. The molecule has 0 radical (unpaired) electrons. The van der Waals surface area contributed by atoms with E-state index in [4.69, 9.17) is 20.4 Å². The number of likely N-dealkylation sites (tertiary alicyclic amines) is 2. The lowest BCUT2D eigenvalue weighted by molar-refractivity contribution is -0.136. The molecule has 0 saturated carbocycles. The number of alkyl carbamates (subject to hydrolysis) is 1. The topological polar surface area (TPSA) is 162 Å². The number of imidazole rings is 2. The number of nitrogens with two attached hydrogens (primary N) is 1. The summed E-state index contributed by atoms with van der Waals surface area (Å²) in [6.07, 6.45) is 16.0. The average molecular weight is 811 g/mol. The lowest BCUT2D eigenvalue weighted by atomic mass is 9.67. The van der Waals surface area contributed by atoms with Gasteiger partial charge in [0.15, 0.2) is 0 Å². The van der Waals surface area contributed by atoms with Crippen LogP contribution in [0, 0.1) is 11.8 Å². The van der Waals surface area contributed by atoms with Crippen LogP contribution in [0.25, 0.3) is 34.0 Å². The zero-order chi connectivity index (χ0) is 41.8. The van der Waals surface area contributed by atoms with Crippen LogP contribution in [0.2, 0.25) is 0 Å². The lowest BCUT2D eigenvalue weighted by Gasteiger charge is -2.37. The molecule has 314 valence electrons. The molecule has 2 aliphatic heterocycles. The van der Waals surface area contributed by atoms with Crippen molar-refractivity contribution in [1.82, 2.24) is 35.1 Å². The van der Waals surface area contributed by atoms with E-state index in [1.807, 2.05) is 43.7 Å². The number of aromatic nitrogens is 4. The number of carbonyl (C=O) groups excluding carboxylic acids is 3. The number of benzene rings is 2. The predicted octanol–water partition coefficient (Wildman–Crippen LogP) is 8.18. The van der Waals surface area contributed by atoms with Gasteiger partial charge < -0.3 is 35.6 Å². The minimum absolute atomic E-state index is 0.00126. The Balaban J connectivity index is 0.968. The number of nitrogens with one attached hydrogen (secondary N) is 3. The zero-order valence-corrected chi connectivity index (χ0v) is 35.5. The Bertz CT molecular complexity index is 2350. The number of hydrogen-bond donors (Lipinski definition) is 4. The number of methoxy groups -OCH3 is 1. The van der Waals surface area contributed by atoms with Crippen molar-refractivity contribution < 1.29 is 19.1 Å². The second-order valence-electron chi connectivity index (χ2n) is 18.1. The highest BCUT2D eigenvalue weighted by Gasteiger charge is 2.39. The molecule has 2 aromatic heterocycles. The molecule has 5 N–H and O–H groups in total. The Kier molecular flexibility index (Phi) is 10.8. The molecule has 12 heteroatoms. The number of aromatic amines is 2. The number of allylic oxidation sites excluding steroid dienone is 3. The Hall–Kier alpha value is -5.49. The number of amides is 3. The fourth-order valence-corrected chi connectivity index (χ4v) is 10.4. The van der Waals surface area contributed by atoms with Crippen LogP contribution in [-0.2, 0) is 20.7 Å². The van der Waals surface area contributed by atoms with Gasteiger partial charge in [-0.1, -0.05) is 76.2 Å². The van der Waals surface area contributed by atoms with Crippen LogP contribution in [-0.4, -0.2) is 79.9 Å². The molecular weight excluding hydrogens is 753 g/mol. The van der Waals surface area contributed by atoms with Crippen molar-refractivity contribution in [1.29, 1.82) is 0 Å². The molecule has 3 amide bonds. The first-order valence-corrected chi connectivity index (χ1v) is 22.0. The first-order valence-electron chi connectivity index (χ1n) is 22.0.